The smallest absolute Gasteiger partial charge is 0.164 e. The van der Waals surface area contributed by atoms with Crippen molar-refractivity contribution >= 4 is 21.9 Å². The first-order chi connectivity index (χ1) is 30.7. The van der Waals surface area contributed by atoms with E-state index in [1.807, 2.05) is 36.4 Å². The molecule has 13 rings (SSSR count). The van der Waals surface area contributed by atoms with E-state index in [2.05, 4.69) is 176 Å². The molecule has 2 aliphatic rings. The Labute approximate surface area is 358 Å². The summed E-state index contributed by atoms with van der Waals surface area (Å²) in [7, 11) is 0. The number of hydrogen-bond acceptors (Lipinski definition) is 4. The molecule has 11 aromatic rings. The Morgan fingerprint density at radius 1 is 0.290 bits per heavy atom. The van der Waals surface area contributed by atoms with Gasteiger partial charge in [-0.1, -0.05) is 194 Å². The first kappa shape index (κ1) is 34.6. The molecule has 0 saturated carbocycles. The summed E-state index contributed by atoms with van der Waals surface area (Å²) in [4.78, 5) is 15.9. The Morgan fingerprint density at radius 3 is 1.44 bits per heavy atom. The van der Waals surface area contributed by atoms with Gasteiger partial charge in [-0.3, -0.25) is 0 Å². The second-order valence-corrected chi connectivity index (χ2v) is 16.2. The molecule has 288 valence electrons. The zero-order chi connectivity index (χ0) is 40.8. The van der Waals surface area contributed by atoms with Crippen LogP contribution in [0.25, 0.3) is 101 Å². The molecular weight excluding hydrogens is 755 g/mol. The fraction of sp³-hybridized carbons (Fsp3) is 0.0172. The van der Waals surface area contributed by atoms with Crippen LogP contribution in [-0.4, -0.2) is 15.0 Å². The van der Waals surface area contributed by atoms with Crippen LogP contribution in [0.15, 0.2) is 217 Å². The van der Waals surface area contributed by atoms with Crippen molar-refractivity contribution in [3.05, 3.63) is 235 Å². The average molecular weight is 790 g/mol. The van der Waals surface area contributed by atoms with Gasteiger partial charge in [0.1, 0.15) is 11.2 Å². The van der Waals surface area contributed by atoms with Crippen LogP contribution in [0.3, 0.4) is 0 Å². The number of fused-ring (bicyclic) bond motifs is 15. The zero-order valence-corrected chi connectivity index (χ0v) is 33.5. The first-order valence-corrected chi connectivity index (χ1v) is 21.1. The van der Waals surface area contributed by atoms with Crippen LogP contribution in [0.5, 0.6) is 0 Å². The summed E-state index contributed by atoms with van der Waals surface area (Å²) in [6, 6.07) is 75.9. The van der Waals surface area contributed by atoms with Crippen molar-refractivity contribution in [2.45, 2.75) is 5.41 Å². The third-order valence-electron chi connectivity index (χ3n) is 13.0. The molecule has 0 saturated heterocycles. The SMILES string of the molecule is c1ccc(-c2ccc(-c3nc(-c4ccc5c(c4)-c4ccccc4-c4ccccc4C54c5ccccc5-c5ccccc54)nc(-c4cccc5oc6ccccc6c45)n3)cc2)cc1. The van der Waals surface area contributed by atoms with E-state index in [-0.39, 0.29) is 0 Å². The van der Waals surface area contributed by atoms with E-state index in [0.29, 0.717) is 17.5 Å². The lowest BCUT2D eigenvalue weighted by molar-refractivity contribution is 0.669. The van der Waals surface area contributed by atoms with E-state index in [4.69, 9.17) is 19.4 Å². The molecule has 0 amide bonds. The summed E-state index contributed by atoms with van der Waals surface area (Å²) in [6.45, 7) is 0. The Morgan fingerprint density at radius 2 is 0.742 bits per heavy atom. The van der Waals surface area contributed by atoms with Gasteiger partial charge in [0.05, 0.1) is 5.41 Å². The summed E-state index contributed by atoms with van der Waals surface area (Å²) < 4.78 is 6.36. The van der Waals surface area contributed by atoms with Gasteiger partial charge in [0, 0.05) is 27.5 Å². The van der Waals surface area contributed by atoms with Crippen LogP contribution < -0.4 is 0 Å². The molecular formula is C58H35N3O. The number of para-hydroxylation sites is 1. The zero-order valence-electron chi connectivity index (χ0n) is 33.5. The minimum atomic E-state index is -0.565. The highest BCUT2D eigenvalue weighted by atomic mass is 16.3. The summed E-state index contributed by atoms with van der Waals surface area (Å²) in [5.74, 6) is 1.80. The standard InChI is InChI=1S/C58H35N3O/c1-2-15-36(16-3-1)37-29-31-38(32-30-37)55-59-56(61-57(60-55)46-23-14-28-53-54(46)45-22-9-13-27-52(45)62-53)39-33-34-51-47(35-39)41-18-5-4-17-40(41)42-19-6-10-24-48(42)58(51)49-25-11-7-20-43(49)44-21-8-12-26-50(44)58/h1-35H. The average Bonchev–Trinajstić information content (AvgIpc) is 3.85. The van der Waals surface area contributed by atoms with E-state index in [0.717, 1.165) is 55.3 Å². The molecule has 0 bridgehead atoms. The van der Waals surface area contributed by atoms with Crippen molar-refractivity contribution in [3.63, 3.8) is 0 Å². The third kappa shape index (κ3) is 4.98. The van der Waals surface area contributed by atoms with Gasteiger partial charge in [0.15, 0.2) is 17.5 Å². The van der Waals surface area contributed by atoms with Crippen LogP contribution in [0.4, 0.5) is 0 Å². The Kier molecular flexibility index (Phi) is 7.49. The highest BCUT2D eigenvalue weighted by molar-refractivity contribution is 6.12. The van der Waals surface area contributed by atoms with Gasteiger partial charge < -0.3 is 4.42 Å². The van der Waals surface area contributed by atoms with Crippen molar-refractivity contribution in [3.8, 4) is 78.7 Å². The molecule has 0 aliphatic heterocycles. The fourth-order valence-corrected chi connectivity index (χ4v) is 10.3. The summed E-state index contributed by atoms with van der Waals surface area (Å²) >= 11 is 0. The van der Waals surface area contributed by atoms with E-state index in [1.54, 1.807) is 0 Å². The lowest BCUT2D eigenvalue weighted by Crippen LogP contribution is -2.29. The van der Waals surface area contributed by atoms with Crippen molar-refractivity contribution in [2.24, 2.45) is 0 Å². The predicted molar refractivity (Wildman–Crippen MR) is 251 cm³/mol. The molecule has 0 N–H and O–H groups in total. The Hall–Kier alpha value is -8.21. The van der Waals surface area contributed by atoms with Gasteiger partial charge in [-0.2, -0.15) is 0 Å². The van der Waals surface area contributed by atoms with Gasteiger partial charge in [-0.25, -0.2) is 15.0 Å². The minimum absolute atomic E-state index is 0.565. The predicted octanol–water partition coefficient (Wildman–Crippen LogP) is 14.4. The molecule has 1 spiro atoms. The Balaban J connectivity index is 1.08. The number of benzene rings is 9. The van der Waals surface area contributed by atoms with E-state index in [9.17, 15) is 0 Å². The normalized spacial score (nSPS) is 13.0. The Bertz CT molecular complexity index is 3540. The largest absolute Gasteiger partial charge is 0.456 e. The second kappa shape index (κ2) is 13.4. The number of rotatable bonds is 4. The van der Waals surface area contributed by atoms with E-state index in [1.165, 1.54) is 50.1 Å². The van der Waals surface area contributed by atoms with Gasteiger partial charge in [-0.15, -0.1) is 0 Å². The maximum absolute atomic E-state index is 6.36. The lowest BCUT2D eigenvalue weighted by Gasteiger charge is -2.35. The fourth-order valence-electron chi connectivity index (χ4n) is 10.3. The van der Waals surface area contributed by atoms with Gasteiger partial charge >= 0.3 is 0 Å². The van der Waals surface area contributed by atoms with E-state index >= 15 is 0 Å². The lowest BCUT2D eigenvalue weighted by atomic mass is 9.66. The molecule has 9 aromatic carbocycles. The number of nitrogens with zero attached hydrogens (tertiary/aromatic N) is 3. The van der Waals surface area contributed by atoms with Crippen molar-refractivity contribution in [2.75, 3.05) is 0 Å². The highest BCUT2D eigenvalue weighted by Gasteiger charge is 2.49. The van der Waals surface area contributed by atoms with Crippen LogP contribution in [-0.2, 0) is 5.41 Å². The van der Waals surface area contributed by atoms with Gasteiger partial charge in [-0.05, 0) is 85.0 Å². The van der Waals surface area contributed by atoms with Crippen molar-refractivity contribution < 1.29 is 4.42 Å². The van der Waals surface area contributed by atoms with Crippen LogP contribution in [0.2, 0.25) is 0 Å². The van der Waals surface area contributed by atoms with Crippen molar-refractivity contribution in [1.82, 2.24) is 15.0 Å². The third-order valence-corrected chi connectivity index (χ3v) is 13.0. The summed E-state index contributed by atoms with van der Waals surface area (Å²) in [5, 5.41) is 2.01. The molecule has 0 radical (unpaired) electrons. The topological polar surface area (TPSA) is 51.8 Å². The maximum atomic E-state index is 6.36. The highest BCUT2D eigenvalue weighted by Crippen LogP contribution is 2.61. The molecule has 2 aromatic heterocycles. The molecule has 4 heteroatoms. The monoisotopic (exact) mass is 789 g/mol. The molecule has 2 heterocycles. The molecule has 4 nitrogen and oxygen atoms in total. The maximum Gasteiger partial charge on any atom is 0.164 e. The number of aromatic nitrogens is 3. The first-order valence-electron chi connectivity index (χ1n) is 21.1. The van der Waals surface area contributed by atoms with Crippen LogP contribution in [0, 0.1) is 0 Å². The van der Waals surface area contributed by atoms with Crippen LogP contribution in [0.1, 0.15) is 22.3 Å². The molecule has 62 heavy (non-hydrogen) atoms. The molecule has 2 aliphatic carbocycles. The van der Waals surface area contributed by atoms with Crippen LogP contribution >= 0.6 is 0 Å². The summed E-state index contributed by atoms with van der Waals surface area (Å²) in [5.41, 5.74) is 18.5. The van der Waals surface area contributed by atoms with Crippen molar-refractivity contribution in [1.29, 1.82) is 0 Å². The number of furan rings is 1. The van der Waals surface area contributed by atoms with E-state index < -0.39 is 5.41 Å². The molecule has 0 fully saturated rings. The minimum Gasteiger partial charge on any atom is -0.456 e. The molecule has 0 atom stereocenters. The summed E-state index contributed by atoms with van der Waals surface area (Å²) in [6.07, 6.45) is 0. The molecule has 0 unspecified atom stereocenters. The number of hydrogen-bond donors (Lipinski definition) is 0. The van der Waals surface area contributed by atoms with Gasteiger partial charge in [0.2, 0.25) is 0 Å². The quantitative estimate of drug-likeness (QED) is 0.178. The second-order valence-electron chi connectivity index (χ2n) is 16.2. The van der Waals surface area contributed by atoms with Gasteiger partial charge in [0.25, 0.3) is 0 Å².